The van der Waals surface area contributed by atoms with E-state index >= 15 is 0 Å². The van der Waals surface area contributed by atoms with Crippen molar-refractivity contribution in [2.24, 2.45) is 5.92 Å². The van der Waals surface area contributed by atoms with Crippen molar-refractivity contribution >= 4 is 24.0 Å². The fraction of sp³-hybridized carbons (Fsp3) is 0.350. The monoisotopic (exact) mass is 360 g/mol. The van der Waals surface area contributed by atoms with Crippen molar-refractivity contribution in [1.29, 1.82) is 0 Å². The van der Waals surface area contributed by atoms with E-state index in [1.165, 1.54) is 0 Å². The molecule has 2 aromatic rings. The molecule has 1 aliphatic heterocycles. The lowest BCUT2D eigenvalue weighted by Crippen LogP contribution is -2.40. The summed E-state index contributed by atoms with van der Waals surface area (Å²) in [5.41, 5.74) is 8.43. The Bertz CT molecular complexity index is 685. The molecule has 4 nitrogen and oxygen atoms in total. The van der Waals surface area contributed by atoms with Crippen molar-refractivity contribution in [3.8, 4) is 0 Å². The van der Waals surface area contributed by atoms with Crippen LogP contribution in [0.4, 0.5) is 5.69 Å². The minimum absolute atomic E-state index is 0. The van der Waals surface area contributed by atoms with Crippen LogP contribution < -0.4 is 5.73 Å². The molecule has 0 aromatic heterocycles. The van der Waals surface area contributed by atoms with Gasteiger partial charge in [0.2, 0.25) is 5.91 Å². The van der Waals surface area contributed by atoms with E-state index < -0.39 is 6.10 Å². The maximum absolute atomic E-state index is 12.5. The molecule has 0 bridgehead atoms. The Morgan fingerprint density at radius 1 is 1.08 bits per heavy atom. The van der Waals surface area contributed by atoms with Gasteiger partial charge in [-0.3, -0.25) is 4.79 Å². The van der Waals surface area contributed by atoms with Crippen molar-refractivity contribution in [3.63, 3.8) is 0 Å². The average molecular weight is 361 g/mol. The van der Waals surface area contributed by atoms with Gasteiger partial charge in [0.25, 0.3) is 0 Å². The third-order valence-corrected chi connectivity index (χ3v) is 4.88. The largest absolute Gasteiger partial charge is 0.398 e. The molecule has 0 radical (unpaired) electrons. The molecule has 1 atom stereocenters. The van der Waals surface area contributed by atoms with E-state index in [9.17, 15) is 9.90 Å². The fourth-order valence-corrected chi connectivity index (χ4v) is 3.36. The standard InChI is InChI=1S/C20H24N2O2.ClH/c21-18-9-5-4-8-17(18)14-19(23)22-12-10-16(11-13-22)20(24)15-6-2-1-3-7-15;/h1-9,16,20,24H,10-14,21H2;1H. The fourth-order valence-electron chi connectivity index (χ4n) is 3.36. The minimum Gasteiger partial charge on any atom is -0.398 e. The summed E-state index contributed by atoms with van der Waals surface area (Å²) < 4.78 is 0. The number of aliphatic hydroxyl groups is 1. The molecule has 3 N–H and O–H groups in total. The van der Waals surface area contributed by atoms with E-state index in [1.54, 1.807) is 0 Å². The van der Waals surface area contributed by atoms with E-state index in [1.807, 2.05) is 59.5 Å². The van der Waals surface area contributed by atoms with E-state index in [0.29, 0.717) is 25.2 Å². The first-order valence-electron chi connectivity index (χ1n) is 8.49. The quantitative estimate of drug-likeness (QED) is 0.823. The molecule has 0 aliphatic carbocycles. The van der Waals surface area contributed by atoms with Crippen LogP contribution in [0.25, 0.3) is 0 Å². The zero-order chi connectivity index (χ0) is 16.9. The van der Waals surface area contributed by atoms with Crippen LogP contribution in [-0.2, 0) is 11.2 Å². The van der Waals surface area contributed by atoms with Crippen molar-refractivity contribution in [1.82, 2.24) is 4.90 Å². The Hall–Kier alpha value is -2.04. The van der Waals surface area contributed by atoms with Gasteiger partial charge in [-0.25, -0.2) is 0 Å². The highest BCUT2D eigenvalue weighted by molar-refractivity contribution is 5.85. The highest BCUT2D eigenvalue weighted by atomic mass is 35.5. The Kier molecular flexibility index (Phi) is 6.85. The number of hydrogen-bond acceptors (Lipinski definition) is 3. The SMILES string of the molecule is Cl.Nc1ccccc1CC(=O)N1CCC(C(O)c2ccccc2)CC1. The third-order valence-electron chi connectivity index (χ3n) is 4.88. The molecule has 1 heterocycles. The van der Waals surface area contributed by atoms with Gasteiger partial charge >= 0.3 is 0 Å². The number of piperidine rings is 1. The number of carbonyl (C=O) groups is 1. The molecular weight excluding hydrogens is 336 g/mol. The minimum atomic E-state index is -0.451. The summed E-state index contributed by atoms with van der Waals surface area (Å²) >= 11 is 0. The van der Waals surface area contributed by atoms with Crippen LogP contribution >= 0.6 is 12.4 Å². The molecule has 25 heavy (non-hydrogen) atoms. The summed E-state index contributed by atoms with van der Waals surface area (Å²) in [5, 5.41) is 10.5. The number of nitrogen functional groups attached to an aromatic ring is 1. The number of anilines is 1. The highest BCUT2D eigenvalue weighted by Crippen LogP contribution is 2.30. The molecule has 134 valence electrons. The molecule has 1 aliphatic rings. The number of amides is 1. The van der Waals surface area contributed by atoms with Crippen molar-refractivity contribution in [2.75, 3.05) is 18.8 Å². The number of likely N-dealkylation sites (tertiary alicyclic amines) is 1. The highest BCUT2D eigenvalue weighted by Gasteiger charge is 2.28. The predicted molar refractivity (Wildman–Crippen MR) is 103 cm³/mol. The van der Waals surface area contributed by atoms with Gasteiger partial charge in [0.1, 0.15) is 0 Å². The number of benzene rings is 2. The molecule has 2 aromatic carbocycles. The molecule has 3 rings (SSSR count). The number of nitrogens with zero attached hydrogens (tertiary/aromatic N) is 1. The van der Waals surface area contributed by atoms with Crippen LogP contribution in [0, 0.1) is 5.92 Å². The number of rotatable bonds is 4. The lowest BCUT2D eigenvalue weighted by Gasteiger charge is -2.34. The third kappa shape index (κ3) is 4.74. The predicted octanol–water partition coefficient (Wildman–Crippen LogP) is 3.21. The first-order valence-corrected chi connectivity index (χ1v) is 8.49. The van der Waals surface area contributed by atoms with Gasteiger partial charge in [-0.1, -0.05) is 48.5 Å². The molecule has 5 heteroatoms. The zero-order valence-electron chi connectivity index (χ0n) is 14.2. The topological polar surface area (TPSA) is 66.6 Å². The molecule has 1 unspecified atom stereocenters. The Morgan fingerprint density at radius 3 is 2.32 bits per heavy atom. The normalized spacial score (nSPS) is 16.1. The average Bonchev–Trinajstić information content (AvgIpc) is 2.64. The summed E-state index contributed by atoms with van der Waals surface area (Å²) in [6.07, 6.45) is 1.55. The van der Waals surface area contributed by atoms with Crippen LogP contribution in [0.2, 0.25) is 0 Å². The number of nitrogens with two attached hydrogens (primary N) is 1. The summed E-state index contributed by atoms with van der Waals surface area (Å²) in [5.74, 6) is 0.318. The van der Waals surface area contributed by atoms with Crippen LogP contribution in [-0.4, -0.2) is 29.0 Å². The number of aliphatic hydroxyl groups excluding tert-OH is 1. The van der Waals surface area contributed by atoms with Gasteiger partial charge in [-0.2, -0.15) is 0 Å². The molecule has 1 fully saturated rings. The van der Waals surface area contributed by atoms with E-state index in [2.05, 4.69) is 0 Å². The van der Waals surface area contributed by atoms with Gasteiger partial charge in [0.15, 0.2) is 0 Å². The second-order valence-electron chi connectivity index (χ2n) is 6.45. The van der Waals surface area contributed by atoms with E-state index in [-0.39, 0.29) is 24.2 Å². The smallest absolute Gasteiger partial charge is 0.227 e. The van der Waals surface area contributed by atoms with E-state index in [4.69, 9.17) is 5.73 Å². The molecule has 1 amide bonds. The number of para-hydroxylation sites is 1. The molecule has 1 saturated heterocycles. The molecular formula is C20H25ClN2O2. The molecule has 0 saturated carbocycles. The van der Waals surface area contributed by atoms with Gasteiger partial charge in [-0.15, -0.1) is 12.4 Å². The van der Waals surface area contributed by atoms with Gasteiger partial charge in [-0.05, 0) is 36.0 Å². The van der Waals surface area contributed by atoms with Gasteiger partial charge in [0, 0.05) is 18.8 Å². The first kappa shape index (κ1) is 19.3. The van der Waals surface area contributed by atoms with Gasteiger partial charge < -0.3 is 15.7 Å². The lowest BCUT2D eigenvalue weighted by atomic mass is 9.87. The Labute approximate surface area is 155 Å². The van der Waals surface area contributed by atoms with Crippen LogP contribution in [0.1, 0.15) is 30.1 Å². The number of halogens is 1. The maximum Gasteiger partial charge on any atom is 0.227 e. The van der Waals surface area contributed by atoms with Crippen molar-refractivity contribution < 1.29 is 9.90 Å². The van der Waals surface area contributed by atoms with Crippen molar-refractivity contribution in [2.45, 2.75) is 25.4 Å². The number of hydrogen-bond donors (Lipinski definition) is 2. The Morgan fingerprint density at radius 2 is 1.68 bits per heavy atom. The Balaban J connectivity index is 0.00000225. The zero-order valence-corrected chi connectivity index (χ0v) is 15.0. The van der Waals surface area contributed by atoms with Crippen LogP contribution in [0.15, 0.2) is 54.6 Å². The number of carbonyl (C=O) groups excluding carboxylic acids is 1. The van der Waals surface area contributed by atoms with Crippen LogP contribution in [0.5, 0.6) is 0 Å². The maximum atomic E-state index is 12.5. The van der Waals surface area contributed by atoms with Crippen molar-refractivity contribution in [3.05, 3.63) is 65.7 Å². The van der Waals surface area contributed by atoms with Gasteiger partial charge in [0.05, 0.1) is 12.5 Å². The summed E-state index contributed by atoms with van der Waals surface area (Å²) in [6, 6.07) is 17.3. The second kappa shape index (κ2) is 8.88. The summed E-state index contributed by atoms with van der Waals surface area (Å²) in [7, 11) is 0. The second-order valence-corrected chi connectivity index (χ2v) is 6.45. The first-order chi connectivity index (χ1) is 11.6. The molecule has 0 spiro atoms. The lowest BCUT2D eigenvalue weighted by molar-refractivity contribution is -0.132. The summed E-state index contributed by atoms with van der Waals surface area (Å²) in [6.45, 7) is 1.39. The van der Waals surface area contributed by atoms with Crippen LogP contribution in [0.3, 0.4) is 0 Å². The summed E-state index contributed by atoms with van der Waals surface area (Å²) in [4.78, 5) is 14.4. The van der Waals surface area contributed by atoms with E-state index in [0.717, 1.165) is 24.0 Å².